The van der Waals surface area contributed by atoms with E-state index in [1.807, 2.05) is 72.8 Å². The van der Waals surface area contributed by atoms with Crippen molar-refractivity contribution in [3.8, 4) is 5.75 Å². The molecule has 0 aromatic heterocycles. The Hall–Kier alpha value is -3.84. The van der Waals surface area contributed by atoms with E-state index in [2.05, 4.69) is 22.9 Å². The van der Waals surface area contributed by atoms with Crippen molar-refractivity contribution in [3.63, 3.8) is 0 Å². The number of nitrogens with one attached hydrogen (secondary N) is 3. The first-order chi connectivity index (χ1) is 17.6. The molecular weight excluding hydrogens is 454 g/mol. The van der Waals surface area contributed by atoms with Gasteiger partial charge >= 0.3 is 6.03 Å². The van der Waals surface area contributed by atoms with Gasteiger partial charge in [0.05, 0.1) is 19.8 Å². The number of carbonyl (C=O) groups excluding carboxylic acids is 2. The lowest BCUT2D eigenvalue weighted by molar-refractivity contribution is -0.124. The fourth-order valence-corrected chi connectivity index (χ4v) is 3.44. The molecule has 3 N–H and O–H groups in total. The van der Waals surface area contributed by atoms with Crippen molar-refractivity contribution < 1.29 is 19.1 Å². The number of benzene rings is 3. The normalized spacial score (nSPS) is 11.4. The number of hydrogen-bond donors (Lipinski definition) is 3. The number of carbonyl (C=O) groups is 2. The third-order valence-electron chi connectivity index (χ3n) is 5.45. The molecule has 0 aliphatic heterocycles. The summed E-state index contributed by atoms with van der Waals surface area (Å²) in [6.45, 7) is 3.62. The van der Waals surface area contributed by atoms with Crippen molar-refractivity contribution in [1.29, 1.82) is 0 Å². The summed E-state index contributed by atoms with van der Waals surface area (Å²) >= 11 is 0. The van der Waals surface area contributed by atoms with Crippen LogP contribution in [0.15, 0.2) is 84.9 Å². The minimum atomic E-state index is -0.846. The predicted molar refractivity (Wildman–Crippen MR) is 142 cm³/mol. The van der Waals surface area contributed by atoms with Gasteiger partial charge in [0.15, 0.2) is 0 Å². The quantitative estimate of drug-likeness (QED) is 0.280. The third-order valence-corrected chi connectivity index (χ3v) is 5.45. The first-order valence-electron chi connectivity index (χ1n) is 12.4. The van der Waals surface area contributed by atoms with Gasteiger partial charge in [-0.05, 0) is 48.2 Å². The van der Waals surface area contributed by atoms with E-state index in [0.29, 0.717) is 31.9 Å². The van der Waals surface area contributed by atoms with Crippen molar-refractivity contribution in [2.45, 2.75) is 38.8 Å². The second-order valence-electron chi connectivity index (χ2n) is 8.40. The lowest BCUT2D eigenvalue weighted by Crippen LogP contribution is -2.51. The van der Waals surface area contributed by atoms with E-state index in [1.165, 1.54) is 0 Å². The van der Waals surface area contributed by atoms with Crippen LogP contribution in [-0.2, 0) is 22.6 Å². The van der Waals surface area contributed by atoms with Crippen molar-refractivity contribution in [3.05, 3.63) is 96.1 Å². The molecule has 0 bridgehead atoms. The van der Waals surface area contributed by atoms with Crippen molar-refractivity contribution >= 4 is 17.6 Å². The minimum Gasteiger partial charge on any atom is -0.494 e. The molecule has 0 aliphatic carbocycles. The van der Waals surface area contributed by atoms with Gasteiger partial charge in [-0.1, -0.05) is 74.0 Å². The van der Waals surface area contributed by atoms with Crippen LogP contribution in [0.4, 0.5) is 10.5 Å². The Morgan fingerprint density at radius 2 is 1.53 bits per heavy atom. The molecule has 0 spiro atoms. The molecule has 0 saturated carbocycles. The fraction of sp³-hybridized carbons (Fsp3) is 0.310. The first kappa shape index (κ1) is 26.8. The van der Waals surface area contributed by atoms with Gasteiger partial charge in [0.2, 0.25) is 5.91 Å². The summed E-state index contributed by atoms with van der Waals surface area (Å²) in [4.78, 5) is 25.5. The highest BCUT2D eigenvalue weighted by molar-refractivity contribution is 5.93. The molecule has 0 heterocycles. The topological polar surface area (TPSA) is 88.7 Å². The molecule has 1 unspecified atom stereocenters. The number of rotatable bonds is 14. The van der Waals surface area contributed by atoms with Gasteiger partial charge in [-0.15, -0.1) is 0 Å². The van der Waals surface area contributed by atoms with Gasteiger partial charge in [0, 0.05) is 12.2 Å². The van der Waals surface area contributed by atoms with Gasteiger partial charge in [0.25, 0.3) is 0 Å². The molecule has 0 aliphatic rings. The second kappa shape index (κ2) is 15.2. The van der Waals surface area contributed by atoms with Crippen LogP contribution in [0.25, 0.3) is 0 Å². The Kier molecular flexibility index (Phi) is 11.3. The van der Waals surface area contributed by atoms with Crippen molar-refractivity contribution in [2.75, 3.05) is 25.1 Å². The van der Waals surface area contributed by atoms with Gasteiger partial charge < -0.3 is 25.4 Å². The van der Waals surface area contributed by atoms with Crippen LogP contribution in [0.5, 0.6) is 5.75 Å². The van der Waals surface area contributed by atoms with E-state index >= 15 is 0 Å². The number of ether oxygens (including phenoxy) is 2. The standard InChI is InChI=1S/C29H35N3O4/c1-2-3-20-36-26-16-14-25(15-17-26)31-29(34)32-27(22-35-21-24-12-8-5-9-13-24)28(33)30-19-18-23-10-6-4-7-11-23/h4-17,27H,2-3,18-22H2,1H3,(H,30,33)(H2,31,32,34). The Bertz CT molecular complexity index is 1040. The highest BCUT2D eigenvalue weighted by atomic mass is 16.5. The lowest BCUT2D eigenvalue weighted by Gasteiger charge is -2.19. The molecule has 7 nitrogen and oxygen atoms in total. The molecule has 7 heteroatoms. The average Bonchev–Trinajstić information content (AvgIpc) is 2.90. The molecule has 3 rings (SSSR count). The SMILES string of the molecule is CCCCOc1ccc(NC(=O)NC(COCc2ccccc2)C(=O)NCCc2ccccc2)cc1. The minimum absolute atomic E-state index is 0.0453. The number of anilines is 1. The van der Waals surface area contributed by atoms with E-state index in [-0.39, 0.29) is 12.5 Å². The van der Waals surface area contributed by atoms with E-state index in [0.717, 1.165) is 29.7 Å². The summed E-state index contributed by atoms with van der Waals surface area (Å²) in [5, 5.41) is 8.41. The van der Waals surface area contributed by atoms with Gasteiger partial charge in [-0.2, -0.15) is 0 Å². The Morgan fingerprint density at radius 1 is 0.861 bits per heavy atom. The maximum absolute atomic E-state index is 12.9. The van der Waals surface area contributed by atoms with Crippen LogP contribution in [-0.4, -0.2) is 37.7 Å². The number of hydrogen-bond acceptors (Lipinski definition) is 4. The van der Waals surface area contributed by atoms with Crippen molar-refractivity contribution in [1.82, 2.24) is 10.6 Å². The zero-order valence-corrected chi connectivity index (χ0v) is 20.7. The second-order valence-corrected chi connectivity index (χ2v) is 8.40. The van der Waals surface area contributed by atoms with E-state index in [9.17, 15) is 9.59 Å². The number of urea groups is 1. The predicted octanol–water partition coefficient (Wildman–Crippen LogP) is 4.93. The molecule has 0 saturated heterocycles. The largest absolute Gasteiger partial charge is 0.494 e. The summed E-state index contributed by atoms with van der Waals surface area (Å²) in [6.07, 6.45) is 2.75. The van der Waals surface area contributed by atoms with E-state index in [1.54, 1.807) is 12.1 Å². The smallest absolute Gasteiger partial charge is 0.319 e. The van der Waals surface area contributed by atoms with Crippen molar-refractivity contribution in [2.24, 2.45) is 0 Å². The average molecular weight is 490 g/mol. The maximum atomic E-state index is 12.9. The maximum Gasteiger partial charge on any atom is 0.319 e. The summed E-state index contributed by atoms with van der Waals surface area (Å²) < 4.78 is 11.4. The molecule has 0 fully saturated rings. The summed E-state index contributed by atoms with van der Waals surface area (Å²) in [7, 11) is 0. The lowest BCUT2D eigenvalue weighted by atomic mass is 10.1. The zero-order valence-electron chi connectivity index (χ0n) is 20.7. The molecule has 36 heavy (non-hydrogen) atoms. The highest BCUT2D eigenvalue weighted by Crippen LogP contribution is 2.16. The van der Waals surface area contributed by atoms with Crippen LogP contribution in [0, 0.1) is 0 Å². The van der Waals surface area contributed by atoms with Gasteiger partial charge in [0.1, 0.15) is 11.8 Å². The Labute approximate surface area is 213 Å². The molecule has 3 amide bonds. The molecule has 190 valence electrons. The van der Waals surface area contributed by atoms with E-state index in [4.69, 9.17) is 9.47 Å². The summed E-state index contributed by atoms with van der Waals surface area (Å²) in [5.41, 5.74) is 2.72. The molecule has 3 aromatic carbocycles. The molecule has 0 radical (unpaired) electrons. The van der Waals surface area contributed by atoms with Gasteiger partial charge in [-0.3, -0.25) is 4.79 Å². The van der Waals surface area contributed by atoms with Crippen LogP contribution in [0.2, 0.25) is 0 Å². The monoisotopic (exact) mass is 489 g/mol. The van der Waals surface area contributed by atoms with Crippen LogP contribution < -0.4 is 20.7 Å². The summed E-state index contributed by atoms with van der Waals surface area (Å²) in [5.74, 6) is 0.452. The molecule has 1 atom stereocenters. The van der Waals surface area contributed by atoms with Crippen LogP contribution >= 0.6 is 0 Å². The molecule has 3 aromatic rings. The summed E-state index contributed by atoms with van der Waals surface area (Å²) in [6, 6.07) is 25.4. The third kappa shape index (κ3) is 9.80. The number of unbranched alkanes of at least 4 members (excludes halogenated alkanes) is 1. The Balaban J connectivity index is 1.53. The molecular formula is C29H35N3O4. The highest BCUT2D eigenvalue weighted by Gasteiger charge is 2.21. The van der Waals surface area contributed by atoms with E-state index < -0.39 is 12.1 Å². The first-order valence-corrected chi connectivity index (χ1v) is 12.4. The van der Waals surface area contributed by atoms with Crippen LogP contribution in [0.3, 0.4) is 0 Å². The Morgan fingerprint density at radius 3 is 2.19 bits per heavy atom. The zero-order chi connectivity index (χ0) is 25.4. The van der Waals surface area contributed by atoms with Crippen LogP contribution in [0.1, 0.15) is 30.9 Å². The fourth-order valence-electron chi connectivity index (χ4n) is 3.44. The number of amides is 3. The van der Waals surface area contributed by atoms with Gasteiger partial charge in [-0.25, -0.2) is 4.79 Å².